The first-order valence-electron chi connectivity index (χ1n) is 11.5. The van der Waals surface area contributed by atoms with E-state index in [9.17, 15) is 0 Å². The molecule has 0 radical (unpaired) electrons. The molecule has 0 saturated heterocycles. The van der Waals surface area contributed by atoms with Crippen LogP contribution in [0.2, 0.25) is 0 Å². The second kappa shape index (κ2) is 9.54. The molecule has 0 aliphatic rings. The predicted octanol–water partition coefficient (Wildman–Crippen LogP) is 4.31. The van der Waals surface area contributed by atoms with Crippen molar-refractivity contribution in [3.63, 3.8) is 0 Å². The first-order valence-corrected chi connectivity index (χ1v) is 11.5. The molecule has 9 heteroatoms. The zero-order valence-electron chi connectivity index (χ0n) is 20.3. The van der Waals surface area contributed by atoms with E-state index in [-0.39, 0.29) is 6.04 Å². The average molecular weight is 469 g/mol. The number of methoxy groups -OCH3 is 1. The number of nitrogens with one attached hydrogen (secondary N) is 1. The van der Waals surface area contributed by atoms with Crippen LogP contribution >= 0.6 is 0 Å². The van der Waals surface area contributed by atoms with E-state index in [1.54, 1.807) is 19.6 Å². The van der Waals surface area contributed by atoms with Gasteiger partial charge in [0.1, 0.15) is 12.1 Å². The summed E-state index contributed by atoms with van der Waals surface area (Å²) in [5, 5.41) is 13.3. The summed E-state index contributed by atoms with van der Waals surface area (Å²) in [6.07, 6.45) is 9.15. The first kappa shape index (κ1) is 22.5. The van der Waals surface area contributed by atoms with Gasteiger partial charge in [-0.05, 0) is 49.1 Å². The zero-order chi connectivity index (χ0) is 24.4. The Labute approximate surface area is 203 Å². The predicted molar refractivity (Wildman–Crippen MR) is 134 cm³/mol. The standard InChI is InChI=1S/C26H28N8O/c1-17-12-28-26(35-4)18(2)22(17)13-27-24-23-15-33(32-25(23)30-16-29-24)14-20-6-8-21(9-7-20)19(3)34-11-5-10-31-34/h5-12,15-16,19H,13-14H2,1-4H3,(H,27,29,30,32). The number of pyridine rings is 1. The fourth-order valence-electron chi connectivity index (χ4n) is 4.26. The number of ether oxygens (including phenoxy) is 1. The van der Waals surface area contributed by atoms with Gasteiger partial charge in [-0.1, -0.05) is 24.3 Å². The van der Waals surface area contributed by atoms with Crippen LogP contribution in [0.25, 0.3) is 11.0 Å². The Morgan fingerprint density at radius 3 is 2.66 bits per heavy atom. The summed E-state index contributed by atoms with van der Waals surface area (Å²) in [5.74, 6) is 1.39. The smallest absolute Gasteiger partial charge is 0.216 e. The molecule has 5 aromatic rings. The van der Waals surface area contributed by atoms with Crippen molar-refractivity contribution in [2.75, 3.05) is 12.4 Å². The monoisotopic (exact) mass is 468 g/mol. The highest BCUT2D eigenvalue weighted by molar-refractivity contribution is 5.85. The van der Waals surface area contributed by atoms with Crippen LogP contribution in [0.5, 0.6) is 5.88 Å². The molecule has 178 valence electrons. The second-order valence-electron chi connectivity index (χ2n) is 8.60. The van der Waals surface area contributed by atoms with Crippen molar-refractivity contribution in [3.8, 4) is 5.88 Å². The van der Waals surface area contributed by atoms with Crippen LogP contribution in [0.15, 0.2) is 61.4 Å². The summed E-state index contributed by atoms with van der Waals surface area (Å²) >= 11 is 0. The highest BCUT2D eigenvalue weighted by Gasteiger charge is 2.13. The van der Waals surface area contributed by atoms with Crippen molar-refractivity contribution in [1.29, 1.82) is 0 Å². The molecule has 5 rings (SSSR count). The van der Waals surface area contributed by atoms with Crippen molar-refractivity contribution in [2.45, 2.75) is 39.9 Å². The van der Waals surface area contributed by atoms with Gasteiger partial charge < -0.3 is 10.1 Å². The zero-order valence-corrected chi connectivity index (χ0v) is 20.3. The molecule has 0 amide bonds. The Hall–Kier alpha value is -4.27. The number of anilines is 1. The van der Waals surface area contributed by atoms with Crippen LogP contribution in [-0.4, -0.2) is 41.6 Å². The number of hydrogen-bond donors (Lipinski definition) is 1. The minimum Gasteiger partial charge on any atom is -0.481 e. The van der Waals surface area contributed by atoms with Crippen LogP contribution in [0, 0.1) is 13.8 Å². The summed E-state index contributed by atoms with van der Waals surface area (Å²) in [7, 11) is 1.64. The third kappa shape index (κ3) is 4.57. The molecular formula is C26H28N8O. The van der Waals surface area contributed by atoms with Crippen molar-refractivity contribution < 1.29 is 4.74 Å². The number of fused-ring (bicyclic) bond motifs is 1. The molecule has 1 atom stereocenters. The number of aryl methyl sites for hydroxylation is 1. The van der Waals surface area contributed by atoms with Gasteiger partial charge in [-0.25, -0.2) is 15.0 Å². The van der Waals surface area contributed by atoms with Crippen LogP contribution in [0.4, 0.5) is 5.82 Å². The molecule has 35 heavy (non-hydrogen) atoms. The molecule has 0 aliphatic carbocycles. The first-order chi connectivity index (χ1) is 17.0. The highest BCUT2D eigenvalue weighted by atomic mass is 16.5. The van der Waals surface area contributed by atoms with Gasteiger partial charge in [-0.15, -0.1) is 0 Å². The topological polar surface area (TPSA) is 95.6 Å². The SMILES string of the molecule is COc1ncc(C)c(CNc2ncnc3nn(Cc4ccc(C(C)n5cccn5)cc4)cc23)c1C. The minimum absolute atomic E-state index is 0.183. The molecule has 0 aliphatic heterocycles. The van der Waals surface area contributed by atoms with E-state index < -0.39 is 0 Å². The number of hydrogen-bond acceptors (Lipinski definition) is 7. The van der Waals surface area contributed by atoms with Crippen LogP contribution < -0.4 is 10.1 Å². The Kier molecular flexibility index (Phi) is 6.13. The molecule has 0 bridgehead atoms. The van der Waals surface area contributed by atoms with Crippen molar-refractivity contribution >= 4 is 16.9 Å². The van der Waals surface area contributed by atoms with Gasteiger partial charge in [0, 0.05) is 36.9 Å². The van der Waals surface area contributed by atoms with E-state index in [2.05, 4.69) is 61.7 Å². The molecule has 0 spiro atoms. The van der Waals surface area contributed by atoms with Gasteiger partial charge in [-0.3, -0.25) is 9.36 Å². The van der Waals surface area contributed by atoms with Gasteiger partial charge in [0.15, 0.2) is 5.65 Å². The Balaban J connectivity index is 1.33. The molecule has 1 unspecified atom stereocenters. The van der Waals surface area contributed by atoms with Crippen LogP contribution in [0.3, 0.4) is 0 Å². The van der Waals surface area contributed by atoms with E-state index >= 15 is 0 Å². The van der Waals surface area contributed by atoms with Crippen molar-refractivity contribution in [1.82, 2.24) is 34.5 Å². The summed E-state index contributed by atoms with van der Waals surface area (Å²) < 4.78 is 9.24. The minimum atomic E-state index is 0.183. The number of aromatic nitrogens is 7. The molecule has 1 aromatic carbocycles. The quantitative estimate of drug-likeness (QED) is 0.362. The molecular weight excluding hydrogens is 440 g/mol. The summed E-state index contributed by atoms with van der Waals surface area (Å²) in [5.41, 5.74) is 6.28. The Bertz CT molecular complexity index is 1440. The molecule has 0 saturated carbocycles. The highest BCUT2D eigenvalue weighted by Crippen LogP contribution is 2.24. The van der Waals surface area contributed by atoms with E-state index in [1.807, 2.05) is 47.9 Å². The van der Waals surface area contributed by atoms with Gasteiger partial charge in [0.05, 0.1) is 25.1 Å². The number of benzene rings is 1. The lowest BCUT2D eigenvalue weighted by Gasteiger charge is -2.13. The van der Waals surface area contributed by atoms with Gasteiger partial charge in [0.25, 0.3) is 0 Å². The maximum Gasteiger partial charge on any atom is 0.216 e. The molecule has 0 fully saturated rings. The van der Waals surface area contributed by atoms with E-state index in [1.165, 1.54) is 5.56 Å². The Morgan fingerprint density at radius 2 is 1.91 bits per heavy atom. The number of rotatable bonds is 8. The lowest BCUT2D eigenvalue weighted by molar-refractivity contribution is 0.393. The Morgan fingerprint density at radius 1 is 1.09 bits per heavy atom. The van der Waals surface area contributed by atoms with Crippen LogP contribution in [0.1, 0.15) is 40.8 Å². The molecule has 1 N–H and O–H groups in total. The molecule has 9 nitrogen and oxygen atoms in total. The maximum atomic E-state index is 5.38. The normalized spacial score (nSPS) is 12.1. The van der Waals surface area contributed by atoms with E-state index in [0.29, 0.717) is 24.6 Å². The van der Waals surface area contributed by atoms with Crippen LogP contribution in [-0.2, 0) is 13.1 Å². The van der Waals surface area contributed by atoms with Crippen molar-refractivity contribution in [2.24, 2.45) is 0 Å². The fourth-order valence-corrected chi connectivity index (χ4v) is 4.26. The lowest BCUT2D eigenvalue weighted by Crippen LogP contribution is -2.07. The summed E-state index contributed by atoms with van der Waals surface area (Å²) in [6.45, 7) is 7.45. The average Bonchev–Trinajstić information content (AvgIpc) is 3.54. The molecule has 4 heterocycles. The maximum absolute atomic E-state index is 5.38. The van der Waals surface area contributed by atoms with Gasteiger partial charge in [0.2, 0.25) is 5.88 Å². The van der Waals surface area contributed by atoms with E-state index in [0.717, 1.165) is 33.5 Å². The van der Waals surface area contributed by atoms with E-state index in [4.69, 9.17) is 4.74 Å². The van der Waals surface area contributed by atoms with Crippen molar-refractivity contribution in [3.05, 3.63) is 89.3 Å². The fraction of sp³-hybridized carbons (Fsp3) is 0.269. The molecule has 4 aromatic heterocycles. The summed E-state index contributed by atoms with van der Waals surface area (Å²) in [6, 6.07) is 10.7. The summed E-state index contributed by atoms with van der Waals surface area (Å²) in [4.78, 5) is 13.2. The van der Waals surface area contributed by atoms with Gasteiger partial charge >= 0.3 is 0 Å². The second-order valence-corrected chi connectivity index (χ2v) is 8.60. The lowest BCUT2D eigenvalue weighted by atomic mass is 10.1. The number of nitrogens with zero attached hydrogens (tertiary/aromatic N) is 7. The van der Waals surface area contributed by atoms with Gasteiger partial charge in [-0.2, -0.15) is 10.2 Å². The third-order valence-electron chi connectivity index (χ3n) is 6.34. The third-order valence-corrected chi connectivity index (χ3v) is 6.34. The largest absolute Gasteiger partial charge is 0.481 e.